The van der Waals surface area contributed by atoms with E-state index in [-0.39, 0.29) is 11.0 Å². The Hall–Kier alpha value is -2.18. The molecule has 0 unspecified atom stereocenters. The molecule has 0 spiro atoms. The van der Waals surface area contributed by atoms with Crippen LogP contribution in [0.2, 0.25) is 5.22 Å². The zero-order chi connectivity index (χ0) is 18.5. The summed E-state index contributed by atoms with van der Waals surface area (Å²) in [6.45, 7) is 3.63. The Balaban J connectivity index is 2.45. The monoisotopic (exact) mass is 422 g/mol. The van der Waals surface area contributed by atoms with E-state index in [4.69, 9.17) is 21.8 Å². The highest BCUT2D eigenvalue weighted by molar-refractivity contribution is 9.10. The van der Waals surface area contributed by atoms with Crippen LogP contribution in [0, 0.1) is 13.8 Å². The minimum Gasteiger partial charge on any atom is -0.508 e. The summed E-state index contributed by atoms with van der Waals surface area (Å²) >= 11 is 9.71. The molecule has 0 saturated heterocycles. The summed E-state index contributed by atoms with van der Waals surface area (Å²) in [4.78, 5) is 12.2. The zero-order valence-corrected chi connectivity index (χ0v) is 16.2. The first-order valence-electron chi connectivity index (χ1n) is 7.47. The summed E-state index contributed by atoms with van der Waals surface area (Å²) < 4.78 is 7.93. The Morgan fingerprint density at radius 1 is 1.20 bits per heavy atom. The first-order chi connectivity index (χ1) is 11.7. The second-order valence-electron chi connectivity index (χ2n) is 5.79. The Kier molecular flexibility index (Phi) is 4.43. The number of aromatic nitrogens is 1. The van der Waals surface area contributed by atoms with Crippen LogP contribution in [-0.4, -0.2) is 15.6 Å². The first-order valence-corrected chi connectivity index (χ1v) is 8.64. The van der Waals surface area contributed by atoms with Gasteiger partial charge in [0.1, 0.15) is 17.2 Å². The number of furan rings is 1. The number of carbonyl (C=O) groups excluding carboxylic acids is 1. The van der Waals surface area contributed by atoms with Gasteiger partial charge in [-0.05, 0) is 59.1 Å². The van der Waals surface area contributed by atoms with Gasteiger partial charge in [-0.2, -0.15) is 0 Å². The van der Waals surface area contributed by atoms with Gasteiger partial charge in [-0.3, -0.25) is 4.79 Å². The van der Waals surface area contributed by atoms with Crippen molar-refractivity contribution in [3.8, 4) is 28.0 Å². The molecular weight excluding hydrogens is 408 g/mol. The van der Waals surface area contributed by atoms with E-state index in [0.29, 0.717) is 21.6 Å². The van der Waals surface area contributed by atoms with E-state index >= 15 is 0 Å². The highest BCUT2D eigenvalue weighted by atomic mass is 79.9. The molecule has 1 amide bonds. The smallest absolute Gasteiger partial charge is 0.266 e. The number of nitrogens with zero attached hydrogens (tertiary/aromatic N) is 1. The quantitative estimate of drug-likeness (QED) is 0.635. The van der Waals surface area contributed by atoms with Crippen LogP contribution >= 0.6 is 27.5 Å². The minimum absolute atomic E-state index is 0.159. The third-order valence-corrected chi connectivity index (χ3v) is 5.52. The van der Waals surface area contributed by atoms with Gasteiger partial charge < -0.3 is 19.8 Å². The summed E-state index contributed by atoms with van der Waals surface area (Å²) in [5.74, 6) is 0.202. The molecule has 0 radical (unpaired) electrons. The third-order valence-electron chi connectivity index (χ3n) is 4.23. The van der Waals surface area contributed by atoms with Gasteiger partial charge in [0.05, 0.1) is 4.60 Å². The van der Waals surface area contributed by atoms with Crippen molar-refractivity contribution in [2.24, 2.45) is 12.8 Å². The number of nitrogens with two attached hydrogens (primary N) is 1. The van der Waals surface area contributed by atoms with Crippen LogP contribution in [0.15, 0.2) is 33.3 Å². The molecule has 3 N–H and O–H groups in total. The Morgan fingerprint density at radius 3 is 2.28 bits per heavy atom. The van der Waals surface area contributed by atoms with Crippen molar-refractivity contribution in [2.75, 3.05) is 0 Å². The number of halogens is 2. The molecule has 3 rings (SSSR count). The van der Waals surface area contributed by atoms with Crippen LogP contribution in [0.4, 0.5) is 0 Å². The molecule has 0 atom stereocenters. The van der Waals surface area contributed by atoms with Gasteiger partial charge in [0.25, 0.3) is 5.91 Å². The first kappa shape index (κ1) is 17.6. The van der Waals surface area contributed by atoms with E-state index < -0.39 is 5.91 Å². The molecule has 1 aromatic carbocycles. The Labute approximate surface area is 158 Å². The van der Waals surface area contributed by atoms with Gasteiger partial charge in [0.15, 0.2) is 5.22 Å². The van der Waals surface area contributed by atoms with Crippen LogP contribution in [-0.2, 0) is 7.05 Å². The Morgan fingerprint density at radius 2 is 1.80 bits per heavy atom. The molecule has 0 aliphatic carbocycles. The zero-order valence-electron chi connectivity index (χ0n) is 13.9. The topological polar surface area (TPSA) is 81.4 Å². The number of aromatic hydroxyl groups is 1. The number of carbonyl (C=O) groups is 1. The molecule has 0 aliphatic rings. The van der Waals surface area contributed by atoms with E-state index in [2.05, 4.69) is 15.9 Å². The second-order valence-corrected chi connectivity index (χ2v) is 6.89. The number of primary amides is 1. The van der Waals surface area contributed by atoms with Crippen LogP contribution in [0.3, 0.4) is 0 Å². The van der Waals surface area contributed by atoms with Crippen molar-refractivity contribution >= 4 is 33.4 Å². The summed E-state index contributed by atoms with van der Waals surface area (Å²) in [6.07, 6.45) is 0. The number of rotatable bonds is 3. The summed E-state index contributed by atoms with van der Waals surface area (Å²) in [5.41, 5.74) is 9.73. The van der Waals surface area contributed by atoms with Gasteiger partial charge in [-0.1, -0.05) is 12.1 Å². The van der Waals surface area contributed by atoms with E-state index in [1.807, 2.05) is 6.92 Å². The van der Waals surface area contributed by atoms with E-state index in [1.165, 1.54) is 0 Å². The summed E-state index contributed by atoms with van der Waals surface area (Å²) in [5, 5.41) is 9.85. The molecule has 0 aliphatic heterocycles. The molecule has 7 heteroatoms. The lowest BCUT2D eigenvalue weighted by Gasteiger charge is -2.08. The van der Waals surface area contributed by atoms with Gasteiger partial charge in [0, 0.05) is 29.3 Å². The van der Waals surface area contributed by atoms with Gasteiger partial charge in [-0.15, -0.1) is 0 Å². The lowest BCUT2D eigenvalue weighted by Crippen LogP contribution is -2.16. The van der Waals surface area contributed by atoms with E-state index in [0.717, 1.165) is 22.3 Å². The third kappa shape index (κ3) is 2.75. The largest absolute Gasteiger partial charge is 0.508 e. The summed E-state index contributed by atoms with van der Waals surface area (Å²) in [6, 6.07) is 6.72. The number of amides is 1. The molecule has 2 aromatic heterocycles. The number of aryl methyl sites for hydroxylation is 1. The van der Waals surface area contributed by atoms with Gasteiger partial charge in [-0.25, -0.2) is 0 Å². The fourth-order valence-corrected chi connectivity index (χ4v) is 3.88. The maximum absolute atomic E-state index is 12.2. The number of hydrogen-bond donors (Lipinski definition) is 2. The molecular formula is C18H16BrClN2O3. The lowest BCUT2D eigenvalue weighted by molar-refractivity contribution is 0.0993. The van der Waals surface area contributed by atoms with Crippen LogP contribution in [0.5, 0.6) is 5.75 Å². The Bertz CT molecular complexity index is 987. The van der Waals surface area contributed by atoms with Gasteiger partial charge in [0.2, 0.25) is 0 Å². The lowest BCUT2D eigenvalue weighted by atomic mass is 9.94. The predicted molar refractivity (Wildman–Crippen MR) is 101 cm³/mol. The number of phenols is 1. The van der Waals surface area contributed by atoms with Crippen molar-refractivity contribution in [3.05, 3.63) is 51.1 Å². The maximum Gasteiger partial charge on any atom is 0.266 e. The standard InChI is InChI=1S/C18H16BrClN2O3/c1-8-12(9(2)25-17(8)20)14-13(10-4-6-11(23)7-5-10)16(19)22(3)15(14)18(21)24/h4-7,23H,1-3H3,(H2,21,24). The highest BCUT2D eigenvalue weighted by Gasteiger charge is 2.29. The molecule has 130 valence electrons. The van der Waals surface area contributed by atoms with Crippen molar-refractivity contribution in [2.45, 2.75) is 13.8 Å². The molecule has 0 fully saturated rings. The highest BCUT2D eigenvalue weighted by Crippen LogP contribution is 2.46. The SMILES string of the molecule is Cc1oc(Cl)c(C)c1-c1c(-c2ccc(O)cc2)c(Br)n(C)c1C(N)=O. The number of phenolic OH excluding ortho intramolecular Hbond substituents is 1. The second kappa shape index (κ2) is 6.28. The van der Waals surface area contributed by atoms with E-state index in [9.17, 15) is 9.90 Å². The average molecular weight is 424 g/mol. The number of benzene rings is 1. The van der Waals surface area contributed by atoms with Crippen LogP contribution in [0.1, 0.15) is 21.8 Å². The molecule has 0 saturated carbocycles. The molecule has 25 heavy (non-hydrogen) atoms. The molecule has 0 bridgehead atoms. The fourth-order valence-electron chi connectivity index (χ4n) is 3.07. The van der Waals surface area contributed by atoms with Crippen molar-refractivity contribution in [1.29, 1.82) is 0 Å². The average Bonchev–Trinajstić information content (AvgIpc) is 2.94. The predicted octanol–water partition coefficient (Wildman–Crippen LogP) is 4.79. The van der Waals surface area contributed by atoms with Crippen molar-refractivity contribution in [1.82, 2.24) is 4.57 Å². The van der Waals surface area contributed by atoms with Gasteiger partial charge >= 0.3 is 0 Å². The maximum atomic E-state index is 12.2. The minimum atomic E-state index is -0.556. The molecule has 3 aromatic rings. The van der Waals surface area contributed by atoms with Crippen molar-refractivity contribution < 1.29 is 14.3 Å². The normalized spacial score (nSPS) is 11.1. The summed E-state index contributed by atoms with van der Waals surface area (Å²) in [7, 11) is 1.75. The van der Waals surface area contributed by atoms with E-state index in [1.54, 1.807) is 42.8 Å². The van der Waals surface area contributed by atoms with Crippen LogP contribution in [0.25, 0.3) is 22.3 Å². The van der Waals surface area contributed by atoms with Crippen molar-refractivity contribution in [3.63, 3.8) is 0 Å². The number of hydrogen-bond acceptors (Lipinski definition) is 3. The molecule has 5 nitrogen and oxygen atoms in total. The molecule has 2 heterocycles. The fraction of sp³-hybridized carbons (Fsp3) is 0.167. The van der Waals surface area contributed by atoms with Crippen LogP contribution < -0.4 is 5.73 Å².